The Kier molecular flexibility index (Phi) is 3.52. The van der Waals surface area contributed by atoms with Crippen LogP contribution in [0.5, 0.6) is 0 Å². The Bertz CT molecular complexity index is 665. The first-order valence-corrected chi connectivity index (χ1v) is 8.55. The molecule has 1 aromatic carbocycles. The third-order valence-corrected chi connectivity index (χ3v) is 4.96. The topological polar surface area (TPSA) is 39.1 Å². The van der Waals surface area contributed by atoms with E-state index in [2.05, 4.69) is 50.9 Å². The van der Waals surface area contributed by atoms with Gasteiger partial charge in [0.05, 0.1) is 30.2 Å². The molecule has 2 fully saturated rings. The molecule has 2 aromatic rings. The molecule has 1 aliphatic carbocycles. The molecule has 1 saturated heterocycles. The third-order valence-electron chi connectivity index (χ3n) is 4.47. The fourth-order valence-corrected chi connectivity index (χ4v) is 3.69. The highest BCUT2D eigenvalue weighted by Crippen LogP contribution is 2.41. The maximum absolute atomic E-state index is 5.73. The van der Waals surface area contributed by atoms with Crippen LogP contribution in [0.4, 0.5) is 0 Å². The molecule has 2 atom stereocenters. The van der Waals surface area contributed by atoms with Gasteiger partial charge in [-0.05, 0) is 37.6 Å². The molecule has 1 N–H and O–H groups in total. The lowest BCUT2D eigenvalue weighted by Crippen LogP contribution is -2.35. The first kappa shape index (κ1) is 13.7. The Balaban J connectivity index is 1.81. The van der Waals surface area contributed by atoms with Gasteiger partial charge in [-0.2, -0.15) is 0 Å². The summed E-state index contributed by atoms with van der Waals surface area (Å²) >= 11 is 3.55. The number of benzene rings is 1. The average Bonchev–Trinajstić information content (AvgIpc) is 3.08. The van der Waals surface area contributed by atoms with Crippen LogP contribution >= 0.6 is 15.9 Å². The summed E-state index contributed by atoms with van der Waals surface area (Å²) in [7, 11) is 0. The van der Waals surface area contributed by atoms with E-state index in [1.54, 1.807) is 0 Å². The van der Waals surface area contributed by atoms with Crippen molar-refractivity contribution in [1.29, 1.82) is 0 Å². The molecule has 1 saturated carbocycles. The Morgan fingerprint density at radius 3 is 3.00 bits per heavy atom. The summed E-state index contributed by atoms with van der Waals surface area (Å²) in [6.07, 6.45) is 2.54. The lowest BCUT2D eigenvalue weighted by Gasteiger charge is -2.19. The van der Waals surface area contributed by atoms with Gasteiger partial charge in [-0.3, -0.25) is 0 Å². The highest BCUT2D eigenvalue weighted by atomic mass is 79.9. The maximum Gasteiger partial charge on any atom is 0.117 e. The molecule has 1 aromatic heterocycles. The molecule has 2 heterocycles. The monoisotopic (exact) mass is 349 g/mol. The number of aromatic nitrogens is 2. The van der Waals surface area contributed by atoms with E-state index in [0.29, 0.717) is 18.0 Å². The van der Waals surface area contributed by atoms with Crippen LogP contribution in [0.3, 0.4) is 0 Å². The van der Waals surface area contributed by atoms with Crippen molar-refractivity contribution in [2.75, 3.05) is 19.8 Å². The third kappa shape index (κ3) is 2.41. The molecular formula is C16H20BrN3O. The molecule has 2 aliphatic rings. The molecule has 4 rings (SSSR count). The second kappa shape index (κ2) is 5.38. The molecule has 5 heteroatoms. The zero-order chi connectivity index (χ0) is 14.4. The van der Waals surface area contributed by atoms with Crippen LogP contribution in [-0.2, 0) is 4.74 Å². The molecule has 21 heavy (non-hydrogen) atoms. The van der Waals surface area contributed by atoms with Crippen LogP contribution in [0.25, 0.3) is 11.0 Å². The molecule has 0 spiro atoms. The average molecular weight is 350 g/mol. The minimum Gasteiger partial charge on any atom is -0.379 e. The largest absolute Gasteiger partial charge is 0.379 e. The first-order valence-electron chi connectivity index (χ1n) is 7.76. The Morgan fingerprint density at radius 1 is 1.38 bits per heavy atom. The van der Waals surface area contributed by atoms with E-state index in [9.17, 15) is 0 Å². The first-order chi connectivity index (χ1) is 10.3. The van der Waals surface area contributed by atoms with E-state index in [1.165, 1.54) is 24.2 Å². The van der Waals surface area contributed by atoms with E-state index in [4.69, 9.17) is 9.72 Å². The van der Waals surface area contributed by atoms with Crippen molar-refractivity contribution in [3.05, 3.63) is 28.5 Å². The van der Waals surface area contributed by atoms with E-state index in [-0.39, 0.29) is 0 Å². The van der Waals surface area contributed by atoms with Gasteiger partial charge in [-0.25, -0.2) is 4.98 Å². The van der Waals surface area contributed by atoms with Crippen LogP contribution in [0.1, 0.15) is 37.5 Å². The zero-order valence-corrected chi connectivity index (χ0v) is 13.8. The number of hydrogen-bond acceptors (Lipinski definition) is 3. The summed E-state index contributed by atoms with van der Waals surface area (Å²) in [5.41, 5.74) is 2.35. The Hall–Kier alpha value is -0.910. The van der Waals surface area contributed by atoms with Crippen LogP contribution in [0, 0.1) is 0 Å². The van der Waals surface area contributed by atoms with Gasteiger partial charge in [0, 0.05) is 16.6 Å². The lowest BCUT2D eigenvalue weighted by atomic mass is 10.0. The van der Waals surface area contributed by atoms with Gasteiger partial charge in [0.25, 0.3) is 0 Å². The highest BCUT2D eigenvalue weighted by molar-refractivity contribution is 9.10. The summed E-state index contributed by atoms with van der Waals surface area (Å²) < 4.78 is 9.28. The van der Waals surface area contributed by atoms with Gasteiger partial charge in [0.1, 0.15) is 5.82 Å². The van der Waals surface area contributed by atoms with Gasteiger partial charge in [0.15, 0.2) is 0 Å². The summed E-state index contributed by atoms with van der Waals surface area (Å²) in [5, 5.41) is 3.55. The van der Waals surface area contributed by atoms with Crippen LogP contribution in [0.2, 0.25) is 0 Å². The number of rotatable bonds is 4. The Morgan fingerprint density at radius 2 is 2.24 bits per heavy atom. The summed E-state index contributed by atoms with van der Waals surface area (Å²) in [6, 6.07) is 7.43. The minimum atomic E-state index is 0.358. The second-order valence-corrected chi connectivity index (χ2v) is 6.93. The molecule has 0 amide bonds. The van der Waals surface area contributed by atoms with E-state index in [0.717, 1.165) is 29.7 Å². The maximum atomic E-state index is 5.73. The van der Waals surface area contributed by atoms with Crippen LogP contribution in [0.15, 0.2) is 22.7 Å². The molecule has 112 valence electrons. The molecule has 4 nitrogen and oxygen atoms in total. The molecule has 0 radical (unpaired) electrons. The standard InChI is InChI=1S/C16H20BrN3O/c1-2-18-14-9-21-8-12(14)16-19-13-7-10(17)3-6-15(13)20(16)11-4-5-11/h3,6-7,11-12,14,18H,2,4-5,8-9H2,1H3. The fraction of sp³-hybridized carbons (Fsp3) is 0.562. The fourth-order valence-electron chi connectivity index (χ4n) is 3.34. The quantitative estimate of drug-likeness (QED) is 0.920. The predicted octanol–water partition coefficient (Wildman–Crippen LogP) is 3.23. The molecule has 0 bridgehead atoms. The number of fused-ring (bicyclic) bond motifs is 1. The van der Waals surface area contributed by atoms with Crippen molar-refractivity contribution in [2.45, 2.75) is 37.8 Å². The van der Waals surface area contributed by atoms with Gasteiger partial charge in [0.2, 0.25) is 0 Å². The SMILES string of the molecule is CCNC1COCC1c1nc2cc(Br)ccc2n1C1CC1. The number of nitrogens with zero attached hydrogens (tertiary/aromatic N) is 2. The molecule has 1 aliphatic heterocycles. The zero-order valence-electron chi connectivity index (χ0n) is 12.2. The molecular weight excluding hydrogens is 330 g/mol. The number of nitrogens with one attached hydrogen (secondary N) is 1. The van der Waals surface area contributed by atoms with Crippen molar-refractivity contribution in [3.8, 4) is 0 Å². The van der Waals surface area contributed by atoms with Gasteiger partial charge >= 0.3 is 0 Å². The molecule has 2 unspecified atom stereocenters. The number of halogens is 1. The summed E-state index contributed by atoms with van der Waals surface area (Å²) in [5.74, 6) is 1.56. The van der Waals surface area contributed by atoms with Crippen molar-refractivity contribution >= 4 is 27.0 Å². The number of hydrogen-bond donors (Lipinski definition) is 1. The van der Waals surface area contributed by atoms with Gasteiger partial charge in [-0.1, -0.05) is 22.9 Å². The smallest absolute Gasteiger partial charge is 0.117 e. The van der Waals surface area contributed by atoms with Crippen molar-refractivity contribution in [3.63, 3.8) is 0 Å². The van der Waals surface area contributed by atoms with E-state index in [1.807, 2.05) is 0 Å². The van der Waals surface area contributed by atoms with Crippen LogP contribution < -0.4 is 5.32 Å². The minimum absolute atomic E-state index is 0.358. The van der Waals surface area contributed by atoms with E-state index < -0.39 is 0 Å². The lowest BCUT2D eigenvalue weighted by molar-refractivity contribution is 0.187. The predicted molar refractivity (Wildman–Crippen MR) is 86.7 cm³/mol. The number of imidazole rings is 1. The normalized spacial score (nSPS) is 25.8. The van der Waals surface area contributed by atoms with Crippen LogP contribution in [-0.4, -0.2) is 35.4 Å². The highest BCUT2D eigenvalue weighted by Gasteiger charge is 2.36. The van der Waals surface area contributed by atoms with E-state index >= 15 is 0 Å². The summed E-state index contributed by atoms with van der Waals surface area (Å²) in [4.78, 5) is 4.96. The second-order valence-electron chi connectivity index (χ2n) is 6.01. The number of ether oxygens (including phenoxy) is 1. The Labute approximate surface area is 133 Å². The van der Waals surface area contributed by atoms with Crippen molar-refractivity contribution < 1.29 is 4.74 Å². The van der Waals surface area contributed by atoms with Gasteiger partial charge in [-0.15, -0.1) is 0 Å². The van der Waals surface area contributed by atoms with Crippen molar-refractivity contribution in [1.82, 2.24) is 14.9 Å². The summed E-state index contributed by atoms with van der Waals surface area (Å²) in [6.45, 7) is 4.68. The van der Waals surface area contributed by atoms with Gasteiger partial charge < -0.3 is 14.6 Å². The number of likely N-dealkylation sites (N-methyl/N-ethyl adjacent to an activating group) is 1. The van der Waals surface area contributed by atoms with Crippen molar-refractivity contribution in [2.24, 2.45) is 0 Å².